The van der Waals surface area contributed by atoms with Crippen LogP contribution in [0.3, 0.4) is 0 Å². The molecule has 18 heavy (non-hydrogen) atoms. The van der Waals surface area contributed by atoms with E-state index in [9.17, 15) is 4.79 Å². The zero-order valence-corrected chi connectivity index (χ0v) is 11.5. The van der Waals surface area contributed by atoms with E-state index in [1.807, 2.05) is 12.1 Å². The lowest BCUT2D eigenvalue weighted by Crippen LogP contribution is -2.19. The van der Waals surface area contributed by atoms with Gasteiger partial charge in [0.1, 0.15) is 0 Å². The largest absolute Gasteiger partial charge is 0.478 e. The van der Waals surface area contributed by atoms with Gasteiger partial charge in [0.05, 0.1) is 5.56 Å². The molecule has 0 fully saturated rings. The Kier molecular flexibility index (Phi) is 5.86. The minimum absolute atomic E-state index is 0.348. The van der Waals surface area contributed by atoms with Gasteiger partial charge in [-0.15, -0.1) is 0 Å². The van der Waals surface area contributed by atoms with E-state index in [2.05, 4.69) is 25.8 Å². The van der Waals surface area contributed by atoms with Crippen LogP contribution in [0.15, 0.2) is 24.3 Å². The predicted octanol–water partition coefficient (Wildman–Crippen LogP) is 3.25. The highest BCUT2D eigenvalue weighted by atomic mass is 16.4. The van der Waals surface area contributed by atoms with E-state index >= 15 is 0 Å². The Morgan fingerprint density at radius 1 is 1.28 bits per heavy atom. The summed E-state index contributed by atoms with van der Waals surface area (Å²) in [5.74, 6) is -0.111. The van der Waals surface area contributed by atoms with Crippen molar-refractivity contribution >= 4 is 5.97 Å². The summed E-state index contributed by atoms with van der Waals surface area (Å²) in [7, 11) is 2.10. The van der Waals surface area contributed by atoms with Crippen LogP contribution in [0.4, 0.5) is 0 Å². The molecule has 0 amide bonds. The standard InChI is InChI=1S/C15H23NO2/c1-12(2)5-4-10-16(3)11-13-6-8-14(9-7-13)15(17)18/h6-9,12H,4-5,10-11H2,1-3H3,(H,17,18). The summed E-state index contributed by atoms with van der Waals surface area (Å²) >= 11 is 0. The summed E-state index contributed by atoms with van der Waals surface area (Å²) in [6.07, 6.45) is 2.46. The van der Waals surface area contributed by atoms with Gasteiger partial charge in [-0.25, -0.2) is 4.79 Å². The predicted molar refractivity (Wildman–Crippen MR) is 73.8 cm³/mol. The van der Waals surface area contributed by atoms with Gasteiger partial charge in [0.15, 0.2) is 0 Å². The number of benzene rings is 1. The Morgan fingerprint density at radius 2 is 1.89 bits per heavy atom. The number of carboxylic acids is 1. The van der Waals surface area contributed by atoms with Gasteiger partial charge in [-0.1, -0.05) is 26.0 Å². The van der Waals surface area contributed by atoms with E-state index in [0.29, 0.717) is 5.56 Å². The monoisotopic (exact) mass is 249 g/mol. The molecule has 0 saturated heterocycles. The molecule has 0 aromatic heterocycles. The number of aromatic carboxylic acids is 1. The number of hydrogen-bond acceptors (Lipinski definition) is 2. The number of carboxylic acid groups (broad SMARTS) is 1. The Morgan fingerprint density at radius 3 is 2.39 bits per heavy atom. The second-order valence-corrected chi connectivity index (χ2v) is 5.28. The molecule has 0 aliphatic carbocycles. The molecule has 3 heteroatoms. The molecule has 1 rings (SSSR count). The van der Waals surface area contributed by atoms with Gasteiger partial charge < -0.3 is 10.0 Å². The van der Waals surface area contributed by atoms with Crippen LogP contribution in [0.1, 0.15) is 42.6 Å². The lowest BCUT2D eigenvalue weighted by Gasteiger charge is -2.17. The third-order valence-corrected chi connectivity index (χ3v) is 2.97. The van der Waals surface area contributed by atoms with Gasteiger partial charge in [0.25, 0.3) is 0 Å². The molecule has 0 aliphatic heterocycles. The van der Waals surface area contributed by atoms with Crippen molar-refractivity contribution in [2.45, 2.75) is 33.2 Å². The fraction of sp³-hybridized carbons (Fsp3) is 0.533. The van der Waals surface area contributed by atoms with Crippen molar-refractivity contribution < 1.29 is 9.90 Å². The summed E-state index contributed by atoms with van der Waals surface area (Å²) in [6.45, 7) is 6.44. The van der Waals surface area contributed by atoms with Crippen molar-refractivity contribution in [2.24, 2.45) is 5.92 Å². The molecule has 1 aromatic rings. The lowest BCUT2D eigenvalue weighted by atomic mass is 10.1. The van der Waals surface area contributed by atoms with E-state index in [4.69, 9.17) is 5.11 Å². The topological polar surface area (TPSA) is 40.5 Å². The van der Waals surface area contributed by atoms with Crippen LogP contribution in [-0.2, 0) is 6.54 Å². The van der Waals surface area contributed by atoms with Crippen LogP contribution >= 0.6 is 0 Å². The van der Waals surface area contributed by atoms with Crippen molar-refractivity contribution in [1.82, 2.24) is 4.90 Å². The second kappa shape index (κ2) is 7.17. The van der Waals surface area contributed by atoms with Crippen molar-refractivity contribution in [3.05, 3.63) is 35.4 Å². The first-order valence-electron chi connectivity index (χ1n) is 6.50. The third kappa shape index (κ3) is 5.32. The second-order valence-electron chi connectivity index (χ2n) is 5.28. The quantitative estimate of drug-likeness (QED) is 0.806. The minimum Gasteiger partial charge on any atom is -0.478 e. The Balaban J connectivity index is 2.39. The van der Waals surface area contributed by atoms with Crippen molar-refractivity contribution in [1.29, 1.82) is 0 Å². The molecular formula is C15H23NO2. The average molecular weight is 249 g/mol. The third-order valence-electron chi connectivity index (χ3n) is 2.97. The van der Waals surface area contributed by atoms with E-state index < -0.39 is 5.97 Å². The Bertz CT molecular complexity index is 371. The molecule has 0 heterocycles. The molecule has 0 spiro atoms. The molecule has 0 radical (unpaired) electrons. The van der Waals surface area contributed by atoms with E-state index in [0.717, 1.165) is 24.6 Å². The summed E-state index contributed by atoms with van der Waals surface area (Å²) in [5.41, 5.74) is 1.51. The molecule has 1 aromatic carbocycles. The van der Waals surface area contributed by atoms with Gasteiger partial charge in [-0.3, -0.25) is 0 Å². The normalized spacial score (nSPS) is 11.2. The molecule has 1 N–H and O–H groups in total. The molecule has 0 bridgehead atoms. The molecule has 3 nitrogen and oxygen atoms in total. The Labute approximate surface area is 109 Å². The van der Waals surface area contributed by atoms with Gasteiger partial charge in [0, 0.05) is 6.54 Å². The SMILES string of the molecule is CC(C)CCCN(C)Cc1ccc(C(=O)O)cc1. The van der Waals surface area contributed by atoms with Crippen LogP contribution < -0.4 is 0 Å². The molecule has 0 unspecified atom stereocenters. The van der Waals surface area contributed by atoms with Gasteiger partial charge in [0.2, 0.25) is 0 Å². The van der Waals surface area contributed by atoms with Crippen molar-refractivity contribution in [3.8, 4) is 0 Å². The zero-order chi connectivity index (χ0) is 13.5. The first-order valence-corrected chi connectivity index (χ1v) is 6.50. The number of rotatable bonds is 7. The highest BCUT2D eigenvalue weighted by molar-refractivity contribution is 5.87. The smallest absolute Gasteiger partial charge is 0.335 e. The fourth-order valence-corrected chi connectivity index (χ4v) is 1.91. The highest BCUT2D eigenvalue weighted by Crippen LogP contribution is 2.09. The summed E-state index contributed by atoms with van der Waals surface area (Å²) in [4.78, 5) is 13.0. The van der Waals surface area contributed by atoms with Crippen LogP contribution in [0.2, 0.25) is 0 Å². The van der Waals surface area contributed by atoms with Gasteiger partial charge >= 0.3 is 5.97 Å². The van der Waals surface area contributed by atoms with E-state index in [1.165, 1.54) is 12.8 Å². The fourth-order valence-electron chi connectivity index (χ4n) is 1.91. The maximum atomic E-state index is 10.7. The summed E-state index contributed by atoms with van der Waals surface area (Å²) < 4.78 is 0. The molecule has 0 aliphatic rings. The number of hydrogen-bond donors (Lipinski definition) is 1. The zero-order valence-electron chi connectivity index (χ0n) is 11.5. The van der Waals surface area contributed by atoms with Gasteiger partial charge in [-0.05, 0) is 50.0 Å². The number of nitrogens with zero attached hydrogens (tertiary/aromatic N) is 1. The highest BCUT2D eigenvalue weighted by Gasteiger charge is 2.04. The van der Waals surface area contributed by atoms with Crippen molar-refractivity contribution in [2.75, 3.05) is 13.6 Å². The maximum absolute atomic E-state index is 10.7. The van der Waals surface area contributed by atoms with Gasteiger partial charge in [-0.2, -0.15) is 0 Å². The summed E-state index contributed by atoms with van der Waals surface area (Å²) in [5, 5.41) is 8.82. The van der Waals surface area contributed by atoms with E-state index in [1.54, 1.807) is 12.1 Å². The maximum Gasteiger partial charge on any atom is 0.335 e. The summed E-state index contributed by atoms with van der Waals surface area (Å²) in [6, 6.07) is 7.12. The Hall–Kier alpha value is -1.35. The van der Waals surface area contributed by atoms with Crippen LogP contribution in [0.25, 0.3) is 0 Å². The molecule has 100 valence electrons. The van der Waals surface area contributed by atoms with E-state index in [-0.39, 0.29) is 0 Å². The molecule has 0 saturated carbocycles. The minimum atomic E-state index is -0.869. The van der Waals surface area contributed by atoms with Crippen molar-refractivity contribution in [3.63, 3.8) is 0 Å². The van der Waals surface area contributed by atoms with Crippen LogP contribution in [0, 0.1) is 5.92 Å². The number of carbonyl (C=O) groups is 1. The average Bonchev–Trinajstić information content (AvgIpc) is 2.29. The van der Waals surface area contributed by atoms with Crippen LogP contribution in [0.5, 0.6) is 0 Å². The molecule has 0 atom stereocenters. The first-order chi connectivity index (χ1) is 8.49. The van der Waals surface area contributed by atoms with Crippen LogP contribution in [-0.4, -0.2) is 29.6 Å². The first kappa shape index (κ1) is 14.7. The lowest BCUT2D eigenvalue weighted by molar-refractivity contribution is 0.0697. The molecular weight excluding hydrogens is 226 g/mol.